The molecule has 5 nitrogen and oxygen atoms in total. The molecule has 0 aromatic rings. The van der Waals surface area contributed by atoms with Gasteiger partial charge in [0.05, 0.1) is 6.54 Å². The second-order valence-electron chi connectivity index (χ2n) is 4.25. The molecule has 0 atom stereocenters. The third-order valence-corrected chi connectivity index (χ3v) is 2.83. The van der Waals surface area contributed by atoms with E-state index in [1.807, 2.05) is 5.32 Å². The average molecular weight is 213 g/mol. The predicted octanol–water partition coefficient (Wildman–Crippen LogP) is 0.350. The van der Waals surface area contributed by atoms with Gasteiger partial charge in [-0.3, -0.25) is 10.1 Å². The van der Waals surface area contributed by atoms with Crippen LogP contribution in [0.3, 0.4) is 0 Å². The highest BCUT2D eigenvalue weighted by Crippen LogP contribution is 2.23. The zero-order valence-electron chi connectivity index (χ0n) is 9.08. The smallest absolute Gasteiger partial charge is 0.318 e. The lowest BCUT2D eigenvalue weighted by Crippen LogP contribution is -2.44. The number of amides is 3. The molecular weight excluding hydrogens is 194 g/mol. The summed E-state index contributed by atoms with van der Waals surface area (Å²) in [6, 6.07) is -0.390. The van der Waals surface area contributed by atoms with Gasteiger partial charge in [-0.2, -0.15) is 0 Å². The van der Waals surface area contributed by atoms with Gasteiger partial charge < -0.3 is 11.1 Å². The summed E-state index contributed by atoms with van der Waals surface area (Å²) >= 11 is 0. The van der Waals surface area contributed by atoms with E-state index in [9.17, 15) is 9.59 Å². The molecule has 0 spiro atoms. The molecule has 0 aromatic carbocycles. The van der Waals surface area contributed by atoms with Crippen LogP contribution in [0.25, 0.3) is 0 Å². The topological polar surface area (TPSA) is 84.2 Å². The van der Waals surface area contributed by atoms with Crippen molar-refractivity contribution in [1.29, 1.82) is 0 Å². The lowest BCUT2D eigenvalue weighted by atomic mass is 9.87. The fourth-order valence-electron chi connectivity index (χ4n) is 1.88. The molecule has 15 heavy (non-hydrogen) atoms. The van der Waals surface area contributed by atoms with Crippen LogP contribution in [0, 0.1) is 5.92 Å². The van der Waals surface area contributed by atoms with Crippen molar-refractivity contribution in [2.24, 2.45) is 11.7 Å². The monoisotopic (exact) mass is 213 g/mol. The standard InChI is InChI=1S/C10H19N3O2/c1-7-2-4-8(5-3-7)12-6-9(14)13-10(11)15/h7-8,12H,2-6H2,1H3,(H3,11,13,14,15). The highest BCUT2D eigenvalue weighted by Gasteiger charge is 2.18. The lowest BCUT2D eigenvalue weighted by molar-refractivity contribution is -0.119. The predicted molar refractivity (Wildman–Crippen MR) is 57.1 cm³/mol. The number of primary amides is 1. The molecule has 1 saturated carbocycles. The van der Waals surface area contributed by atoms with Crippen molar-refractivity contribution in [3.63, 3.8) is 0 Å². The van der Waals surface area contributed by atoms with Gasteiger partial charge in [-0.15, -0.1) is 0 Å². The zero-order chi connectivity index (χ0) is 11.3. The minimum atomic E-state index is -0.793. The maximum atomic E-state index is 11.1. The fourth-order valence-corrected chi connectivity index (χ4v) is 1.88. The molecule has 1 rings (SSSR count). The van der Waals surface area contributed by atoms with Crippen molar-refractivity contribution >= 4 is 11.9 Å². The molecule has 0 radical (unpaired) electrons. The first kappa shape index (κ1) is 12.0. The van der Waals surface area contributed by atoms with E-state index in [0.717, 1.165) is 18.8 Å². The maximum absolute atomic E-state index is 11.1. The van der Waals surface area contributed by atoms with Gasteiger partial charge in [0, 0.05) is 6.04 Å². The normalized spacial score (nSPS) is 25.9. The van der Waals surface area contributed by atoms with Crippen molar-refractivity contribution in [1.82, 2.24) is 10.6 Å². The first-order valence-corrected chi connectivity index (χ1v) is 5.40. The molecule has 0 aliphatic heterocycles. The molecule has 3 amide bonds. The zero-order valence-corrected chi connectivity index (χ0v) is 9.08. The van der Waals surface area contributed by atoms with Crippen molar-refractivity contribution in [3.8, 4) is 0 Å². The SMILES string of the molecule is CC1CCC(NCC(=O)NC(N)=O)CC1. The number of carbonyl (C=O) groups is 2. The summed E-state index contributed by atoms with van der Waals surface area (Å²) in [5, 5.41) is 5.16. The van der Waals surface area contributed by atoms with Gasteiger partial charge in [0.2, 0.25) is 5.91 Å². The second kappa shape index (κ2) is 5.70. The molecule has 4 N–H and O–H groups in total. The van der Waals surface area contributed by atoms with E-state index in [4.69, 9.17) is 5.73 Å². The van der Waals surface area contributed by atoms with Crippen LogP contribution in [-0.4, -0.2) is 24.5 Å². The number of hydrogen-bond donors (Lipinski definition) is 3. The molecule has 0 unspecified atom stereocenters. The molecule has 5 heteroatoms. The number of urea groups is 1. The van der Waals surface area contributed by atoms with Gasteiger partial charge in [-0.1, -0.05) is 6.92 Å². The number of imide groups is 1. The van der Waals surface area contributed by atoms with Gasteiger partial charge in [0.1, 0.15) is 0 Å². The van der Waals surface area contributed by atoms with Crippen LogP contribution in [0.5, 0.6) is 0 Å². The Hall–Kier alpha value is -1.10. The molecule has 0 saturated heterocycles. The summed E-state index contributed by atoms with van der Waals surface area (Å²) < 4.78 is 0. The Kier molecular flexibility index (Phi) is 4.55. The highest BCUT2D eigenvalue weighted by molar-refractivity contribution is 5.94. The van der Waals surface area contributed by atoms with Gasteiger partial charge in [0.15, 0.2) is 0 Å². The molecule has 86 valence electrons. The van der Waals surface area contributed by atoms with Crippen LogP contribution in [0.2, 0.25) is 0 Å². The summed E-state index contributed by atoms with van der Waals surface area (Å²) in [6.45, 7) is 2.41. The van der Waals surface area contributed by atoms with E-state index < -0.39 is 6.03 Å². The molecule has 1 aliphatic rings. The lowest BCUT2D eigenvalue weighted by Gasteiger charge is -2.26. The van der Waals surface area contributed by atoms with Gasteiger partial charge in [0.25, 0.3) is 0 Å². The molecular formula is C10H19N3O2. The highest BCUT2D eigenvalue weighted by atomic mass is 16.2. The third kappa shape index (κ3) is 4.78. The number of hydrogen-bond acceptors (Lipinski definition) is 3. The summed E-state index contributed by atoms with van der Waals surface area (Å²) in [5.41, 5.74) is 4.82. The van der Waals surface area contributed by atoms with Crippen LogP contribution in [0.15, 0.2) is 0 Å². The van der Waals surface area contributed by atoms with Crippen LogP contribution in [0.4, 0.5) is 4.79 Å². The van der Waals surface area contributed by atoms with Crippen molar-refractivity contribution < 1.29 is 9.59 Å². The number of rotatable bonds is 3. The quantitative estimate of drug-likeness (QED) is 0.632. The van der Waals surface area contributed by atoms with Gasteiger partial charge in [-0.25, -0.2) is 4.79 Å². The average Bonchev–Trinajstić information content (AvgIpc) is 2.16. The van der Waals surface area contributed by atoms with Crippen LogP contribution < -0.4 is 16.4 Å². The Morgan fingerprint density at radius 2 is 1.87 bits per heavy atom. The third-order valence-electron chi connectivity index (χ3n) is 2.83. The fraction of sp³-hybridized carbons (Fsp3) is 0.800. The number of nitrogens with one attached hydrogen (secondary N) is 2. The van der Waals surface area contributed by atoms with Crippen molar-refractivity contribution in [2.75, 3.05) is 6.54 Å². The number of nitrogens with two attached hydrogens (primary N) is 1. The van der Waals surface area contributed by atoms with E-state index in [2.05, 4.69) is 12.2 Å². The summed E-state index contributed by atoms with van der Waals surface area (Å²) in [7, 11) is 0. The van der Waals surface area contributed by atoms with E-state index in [0.29, 0.717) is 6.04 Å². The van der Waals surface area contributed by atoms with E-state index >= 15 is 0 Å². The summed E-state index contributed by atoms with van der Waals surface area (Å²) in [5.74, 6) is 0.434. The minimum Gasteiger partial charge on any atom is -0.351 e. The molecule has 0 aromatic heterocycles. The molecule has 0 bridgehead atoms. The van der Waals surface area contributed by atoms with Crippen molar-refractivity contribution in [2.45, 2.75) is 38.6 Å². The first-order valence-electron chi connectivity index (χ1n) is 5.40. The number of carbonyl (C=O) groups excluding carboxylic acids is 2. The summed E-state index contributed by atoms with van der Waals surface area (Å²) in [6.07, 6.45) is 4.61. The molecule has 0 heterocycles. The Morgan fingerprint density at radius 3 is 2.40 bits per heavy atom. The van der Waals surface area contributed by atoms with E-state index in [-0.39, 0.29) is 12.5 Å². The van der Waals surface area contributed by atoms with E-state index in [1.54, 1.807) is 0 Å². The molecule has 1 fully saturated rings. The molecule has 1 aliphatic carbocycles. The van der Waals surface area contributed by atoms with Crippen molar-refractivity contribution in [3.05, 3.63) is 0 Å². The van der Waals surface area contributed by atoms with Crippen LogP contribution >= 0.6 is 0 Å². The Balaban J connectivity index is 2.14. The summed E-state index contributed by atoms with van der Waals surface area (Å²) in [4.78, 5) is 21.5. The largest absolute Gasteiger partial charge is 0.351 e. The maximum Gasteiger partial charge on any atom is 0.318 e. The van der Waals surface area contributed by atoms with Crippen LogP contribution in [0.1, 0.15) is 32.6 Å². The minimum absolute atomic E-state index is 0.169. The Morgan fingerprint density at radius 1 is 1.27 bits per heavy atom. The second-order valence-corrected chi connectivity index (χ2v) is 4.25. The van der Waals surface area contributed by atoms with Gasteiger partial charge >= 0.3 is 6.03 Å². The first-order chi connectivity index (χ1) is 7.08. The Labute approximate surface area is 89.8 Å². The van der Waals surface area contributed by atoms with E-state index in [1.165, 1.54) is 12.8 Å². The van der Waals surface area contributed by atoms with Crippen LogP contribution in [-0.2, 0) is 4.79 Å². The Bertz CT molecular complexity index is 235. The van der Waals surface area contributed by atoms with Gasteiger partial charge in [-0.05, 0) is 31.6 Å².